The number of halogens is 2. The molecule has 1 aromatic rings. The number of carbonyl (C=O) groups excluding carboxylic acids is 1. The first-order chi connectivity index (χ1) is 15.3. The van der Waals surface area contributed by atoms with Crippen LogP contribution in [0.2, 0.25) is 0 Å². The SMILES string of the molecule is CC(C)OC(=O)CCC[C@H]1CC[C@H]2[C@H](CC[C@@H]2/C=C/C(F)(F)COc2ccccc2)OC1. The summed E-state index contributed by atoms with van der Waals surface area (Å²) in [5, 5.41) is 0. The number of esters is 1. The van der Waals surface area contributed by atoms with E-state index < -0.39 is 12.5 Å². The van der Waals surface area contributed by atoms with Crippen LogP contribution in [0.3, 0.4) is 0 Å². The highest BCUT2D eigenvalue weighted by Crippen LogP contribution is 2.42. The molecule has 32 heavy (non-hydrogen) atoms. The zero-order valence-corrected chi connectivity index (χ0v) is 19.2. The first-order valence-electron chi connectivity index (χ1n) is 11.9. The van der Waals surface area contributed by atoms with E-state index >= 15 is 0 Å². The predicted octanol–water partition coefficient (Wildman–Crippen LogP) is 6.20. The van der Waals surface area contributed by atoms with Crippen molar-refractivity contribution in [2.24, 2.45) is 17.8 Å². The Bertz CT molecular complexity index is 735. The molecule has 0 bridgehead atoms. The second kappa shape index (κ2) is 11.8. The van der Waals surface area contributed by atoms with Crippen molar-refractivity contribution in [2.45, 2.75) is 76.9 Å². The Balaban J connectivity index is 1.44. The summed E-state index contributed by atoms with van der Waals surface area (Å²) in [6.45, 7) is 3.74. The third-order valence-corrected chi connectivity index (χ3v) is 6.39. The van der Waals surface area contributed by atoms with Crippen molar-refractivity contribution in [3.05, 3.63) is 42.5 Å². The molecule has 0 radical (unpaired) electrons. The Kier molecular flexibility index (Phi) is 9.09. The van der Waals surface area contributed by atoms with Crippen molar-refractivity contribution in [1.82, 2.24) is 0 Å². The molecule has 1 aromatic carbocycles. The van der Waals surface area contributed by atoms with Gasteiger partial charge in [0.25, 0.3) is 5.92 Å². The van der Waals surface area contributed by atoms with Gasteiger partial charge >= 0.3 is 5.97 Å². The molecule has 0 amide bonds. The lowest BCUT2D eigenvalue weighted by molar-refractivity contribution is -0.147. The number of alkyl halides is 2. The Labute approximate surface area is 190 Å². The number of hydrogen-bond acceptors (Lipinski definition) is 4. The van der Waals surface area contributed by atoms with Gasteiger partial charge < -0.3 is 14.2 Å². The van der Waals surface area contributed by atoms with Gasteiger partial charge in [-0.25, -0.2) is 0 Å². The number of benzene rings is 1. The minimum atomic E-state index is -3.01. The van der Waals surface area contributed by atoms with E-state index in [1.54, 1.807) is 30.3 Å². The lowest BCUT2D eigenvalue weighted by Crippen LogP contribution is -2.24. The first kappa shape index (κ1) is 24.7. The minimum absolute atomic E-state index is 0.0784. The van der Waals surface area contributed by atoms with Crippen LogP contribution >= 0.6 is 0 Å². The second-order valence-corrected chi connectivity index (χ2v) is 9.37. The zero-order valence-electron chi connectivity index (χ0n) is 19.2. The summed E-state index contributed by atoms with van der Waals surface area (Å²) in [5.41, 5.74) is 0. The summed E-state index contributed by atoms with van der Waals surface area (Å²) in [6, 6.07) is 8.70. The van der Waals surface area contributed by atoms with Crippen molar-refractivity contribution in [2.75, 3.05) is 13.2 Å². The Morgan fingerprint density at radius 3 is 2.72 bits per heavy atom. The molecule has 4 atom stereocenters. The van der Waals surface area contributed by atoms with Crippen molar-refractivity contribution in [3.8, 4) is 5.75 Å². The van der Waals surface area contributed by atoms with Gasteiger partial charge in [0.15, 0.2) is 6.61 Å². The fraction of sp³-hybridized carbons (Fsp3) is 0.654. The average molecular weight is 451 g/mol. The molecule has 1 saturated carbocycles. The van der Waals surface area contributed by atoms with Gasteiger partial charge in [-0.1, -0.05) is 24.3 Å². The van der Waals surface area contributed by atoms with Crippen LogP contribution in [0, 0.1) is 17.8 Å². The van der Waals surface area contributed by atoms with E-state index in [2.05, 4.69) is 0 Å². The molecule has 2 aliphatic rings. The summed E-state index contributed by atoms with van der Waals surface area (Å²) >= 11 is 0. The van der Waals surface area contributed by atoms with Gasteiger partial charge in [-0.3, -0.25) is 4.79 Å². The summed E-state index contributed by atoms with van der Waals surface area (Å²) < 4.78 is 45.3. The highest BCUT2D eigenvalue weighted by atomic mass is 19.3. The van der Waals surface area contributed by atoms with Crippen LogP contribution in [-0.2, 0) is 14.3 Å². The highest BCUT2D eigenvalue weighted by Gasteiger charge is 2.38. The van der Waals surface area contributed by atoms with Gasteiger partial charge in [-0.05, 0) is 88.3 Å². The molecule has 2 fully saturated rings. The van der Waals surface area contributed by atoms with Crippen LogP contribution < -0.4 is 4.74 Å². The quantitative estimate of drug-likeness (QED) is 0.314. The Morgan fingerprint density at radius 2 is 1.97 bits per heavy atom. The molecule has 0 unspecified atom stereocenters. The van der Waals surface area contributed by atoms with Crippen LogP contribution in [0.4, 0.5) is 8.78 Å². The topological polar surface area (TPSA) is 44.8 Å². The fourth-order valence-corrected chi connectivity index (χ4v) is 4.77. The molecule has 1 aliphatic carbocycles. The number of ether oxygens (including phenoxy) is 3. The van der Waals surface area contributed by atoms with Gasteiger partial charge in [0.05, 0.1) is 12.2 Å². The highest BCUT2D eigenvalue weighted by molar-refractivity contribution is 5.69. The summed E-state index contributed by atoms with van der Waals surface area (Å²) in [5.74, 6) is -1.89. The molecular weight excluding hydrogens is 414 g/mol. The third kappa shape index (κ3) is 7.88. The number of carbonyl (C=O) groups is 1. The van der Waals surface area contributed by atoms with Crippen molar-refractivity contribution in [1.29, 1.82) is 0 Å². The zero-order chi connectivity index (χ0) is 23.0. The molecule has 0 N–H and O–H groups in total. The number of allylic oxidation sites excluding steroid dienone is 1. The number of hydrogen-bond donors (Lipinski definition) is 0. The largest absolute Gasteiger partial charge is 0.487 e. The van der Waals surface area contributed by atoms with Crippen molar-refractivity contribution < 1.29 is 27.8 Å². The molecule has 0 spiro atoms. The summed E-state index contributed by atoms with van der Waals surface area (Å²) in [7, 11) is 0. The monoisotopic (exact) mass is 450 g/mol. The van der Waals surface area contributed by atoms with E-state index in [0.29, 0.717) is 24.7 Å². The number of fused-ring (bicyclic) bond motifs is 1. The number of rotatable bonds is 10. The van der Waals surface area contributed by atoms with Crippen LogP contribution in [0.15, 0.2) is 42.5 Å². The second-order valence-electron chi connectivity index (χ2n) is 9.37. The minimum Gasteiger partial charge on any atom is -0.487 e. The van der Waals surface area contributed by atoms with Gasteiger partial charge in [0.1, 0.15) is 5.75 Å². The lowest BCUT2D eigenvalue weighted by atomic mass is 9.87. The van der Waals surface area contributed by atoms with Crippen LogP contribution in [-0.4, -0.2) is 37.3 Å². The van der Waals surface area contributed by atoms with Crippen molar-refractivity contribution >= 4 is 5.97 Å². The third-order valence-electron chi connectivity index (χ3n) is 6.39. The first-order valence-corrected chi connectivity index (χ1v) is 11.9. The summed E-state index contributed by atoms with van der Waals surface area (Å²) in [4.78, 5) is 11.7. The van der Waals surface area contributed by atoms with Crippen LogP contribution in [0.1, 0.15) is 58.8 Å². The van der Waals surface area contributed by atoms with E-state index in [0.717, 1.165) is 44.6 Å². The fourth-order valence-electron chi connectivity index (χ4n) is 4.77. The molecule has 1 saturated heterocycles. The van der Waals surface area contributed by atoms with E-state index in [4.69, 9.17) is 14.2 Å². The molecule has 0 aromatic heterocycles. The average Bonchev–Trinajstić information content (AvgIpc) is 3.03. The maximum atomic E-state index is 14.3. The van der Waals surface area contributed by atoms with Crippen molar-refractivity contribution in [3.63, 3.8) is 0 Å². The van der Waals surface area contributed by atoms with Gasteiger partial charge in [-0.2, -0.15) is 8.78 Å². The van der Waals surface area contributed by atoms with Crippen LogP contribution in [0.5, 0.6) is 5.75 Å². The molecule has 178 valence electrons. The van der Waals surface area contributed by atoms with E-state index in [1.165, 1.54) is 0 Å². The molecular formula is C26H36F2O4. The molecule has 1 aliphatic heterocycles. The standard InChI is InChI=1S/C26H36F2O4/c1-19(2)32-25(29)10-6-7-20-11-13-23-21(12-14-24(23)30-17-20)15-16-26(27,28)18-31-22-8-4-3-5-9-22/h3-5,8-9,15-16,19-21,23-24H,6-7,10-14,17-18H2,1-2H3/b16-15+/t20-,21+,23+,24-/m0/s1. The van der Waals surface area contributed by atoms with Gasteiger partial charge in [0, 0.05) is 13.0 Å². The van der Waals surface area contributed by atoms with Gasteiger partial charge in [0.2, 0.25) is 0 Å². The van der Waals surface area contributed by atoms with E-state index in [1.807, 2.05) is 19.9 Å². The van der Waals surface area contributed by atoms with E-state index in [-0.39, 0.29) is 30.0 Å². The van der Waals surface area contributed by atoms with Gasteiger partial charge in [-0.15, -0.1) is 0 Å². The van der Waals surface area contributed by atoms with Crippen LogP contribution in [0.25, 0.3) is 0 Å². The molecule has 6 heteroatoms. The summed E-state index contributed by atoms with van der Waals surface area (Å²) in [6.07, 6.45) is 8.73. The molecule has 3 rings (SSSR count). The lowest BCUT2D eigenvalue weighted by Gasteiger charge is -2.21. The normalized spacial score (nSPS) is 26.2. The van der Waals surface area contributed by atoms with E-state index in [9.17, 15) is 13.6 Å². The number of para-hydroxylation sites is 1. The molecule has 4 nitrogen and oxygen atoms in total. The Hall–Kier alpha value is -1.95. The smallest absolute Gasteiger partial charge is 0.306 e. The molecule has 1 heterocycles. The maximum absolute atomic E-state index is 14.3. The Morgan fingerprint density at radius 1 is 1.19 bits per heavy atom. The maximum Gasteiger partial charge on any atom is 0.306 e. The predicted molar refractivity (Wildman–Crippen MR) is 120 cm³/mol.